The molecule has 1 saturated heterocycles. The minimum Gasteiger partial charge on any atom is -0.381 e. The van der Waals surface area contributed by atoms with Crippen molar-refractivity contribution in [2.24, 2.45) is 10.9 Å². The first-order valence-corrected chi connectivity index (χ1v) is 9.17. The van der Waals surface area contributed by atoms with Crippen LogP contribution in [0.5, 0.6) is 0 Å². The highest BCUT2D eigenvalue weighted by Gasteiger charge is 2.19. The van der Waals surface area contributed by atoms with Gasteiger partial charge in [-0.2, -0.15) is 0 Å². The molecule has 0 amide bonds. The predicted octanol–water partition coefficient (Wildman–Crippen LogP) is 2.12. The van der Waals surface area contributed by atoms with Gasteiger partial charge >= 0.3 is 0 Å². The quantitative estimate of drug-likeness (QED) is 0.645. The Balaban J connectivity index is 1.61. The molecule has 0 spiro atoms. The summed E-state index contributed by atoms with van der Waals surface area (Å²) in [4.78, 5) is 11.7. The van der Waals surface area contributed by atoms with Gasteiger partial charge in [0.25, 0.3) is 0 Å². The molecule has 1 atom stereocenters. The molecule has 0 aromatic carbocycles. The van der Waals surface area contributed by atoms with Crippen LogP contribution in [0.4, 0.5) is 0 Å². The largest absolute Gasteiger partial charge is 0.381 e. The fourth-order valence-corrected chi connectivity index (χ4v) is 3.27. The zero-order chi connectivity index (χ0) is 17.6. The van der Waals surface area contributed by atoms with E-state index in [1.54, 1.807) is 0 Å². The lowest BCUT2D eigenvalue weighted by molar-refractivity contribution is 0.181. The second kappa shape index (κ2) is 8.34. The molecule has 136 valence electrons. The first kappa shape index (κ1) is 17.7. The maximum atomic E-state index is 5.48. The van der Waals surface area contributed by atoms with E-state index in [-0.39, 0.29) is 0 Å². The van der Waals surface area contributed by atoms with Crippen LogP contribution in [-0.4, -0.2) is 60.1 Å². The molecule has 1 aliphatic heterocycles. The Morgan fingerprint density at radius 2 is 2.40 bits per heavy atom. The number of aromatic nitrogens is 2. The fourth-order valence-electron chi connectivity index (χ4n) is 3.27. The SMILES string of the molecule is CCNC(=NCCc1cn2cccc(C)c2n1)N(C)CC1CCOC1. The van der Waals surface area contributed by atoms with E-state index in [4.69, 9.17) is 14.7 Å². The van der Waals surface area contributed by atoms with E-state index in [0.29, 0.717) is 5.92 Å². The van der Waals surface area contributed by atoms with Gasteiger partial charge in [0.1, 0.15) is 5.65 Å². The van der Waals surface area contributed by atoms with Gasteiger partial charge in [-0.05, 0) is 31.9 Å². The van der Waals surface area contributed by atoms with E-state index < -0.39 is 0 Å². The molecule has 1 fully saturated rings. The van der Waals surface area contributed by atoms with E-state index in [1.807, 2.05) is 6.20 Å². The molecule has 2 aromatic heterocycles. The third-order valence-electron chi connectivity index (χ3n) is 4.61. The highest BCUT2D eigenvalue weighted by atomic mass is 16.5. The average molecular weight is 343 g/mol. The number of pyridine rings is 1. The van der Waals surface area contributed by atoms with Gasteiger partial charge in [0.15, 0.2) is 5.96 Å². The highest BCUT2D eigenvalue weighted by molar-refractivity contribution is 5.79. The van der Waals surface area contributed by atoms with Gasteiger partial charge < -0.3 is 19.4 Å². The summed E-state index contributed by atoms with van der Waals surface area (Å²) in [7, 11) is 2.11. The number of imidazole rings is 1. The number of guanidine groups is 1. The Morgan fingerprint density at radius 3 is 3.12 bits per heavy atom. The summed E-state index contributed by atoms with van der Waals surface area (Å²) < 4.78 is 7.57. The number of hydrogen-bond acceptors (Lipinski definition) is 3. The number of aliphatic imine (C=N–C) groups is 1. The summed E-state index contributed by atoms with van der Waals surface area (Å²) in [6, 6.07) is 4.14. The van der Waals surface area contributed by atoms with Crippen LogP contribution >= 0.6 is 0 Å². The second-order valence-corrected chi connectivity index (χ2v) is 6.75. The summed E-state index contributed by atoms with van der Waals surface area (Å²) in [5.74, 6) is 1.57. The molecule has 0 aliphatic carbocycles. The Morgan fingerprint density at radius 1 is 1.52 bits per heavy atom. The van der Waals surface area contributed by atoms with Crippen molar-refractivity contribution in [3.8, 4) is 0 Å². The third kappa shape index (κ3) is 4.51. The van der Waals surface area contributed by atoms with Crippen LogP contribution in [0.15, 0.2) is 29.5 Å². The van der Waals surface area contributed by atoms with E-state index >= 15 is 0 Å². The lowest BCUT2D eigenvalue weighted by Gasteiger charge is -2.24. The molecule has 0 saturated carbocycles. The Labute approximate surface area is 149 Å². The molecule has 3 heterocycles. The van der Waals surface area contributed by atoms with Gasteiger partial charge in [-0.1, -0.05) is 6.07 Å². The average Bonchev–Trinajstić information content (AvgIpc) is 3.24. The number of nitrogens with zero attached hydrogens (tertiary/aromatic N) is 4. The number of hydrogen-bond donors (Lipinski definition) is 1. The molecule has 1 unspecified atom stereocenters. The van der Waals surface area contributed by atoms with Gasteiger partial charge in [0, 0.05) is 58.0 Å². The molecule has 1 aliphatic rings. The van der Waals surface area contributed by atoms with Crippen molar-refractivity contribution >= 4 is 11.6 Å². The predicted molar refractivity (Wildman–Crippen MR) is 101 cm³/mol. The van der Waals surface area contributed by atoms with Crippen LogP contribution in [0.3, 0.4) is 0 Å². The number of rotatable bonds is 6. The van der Waals surface area contributed by atoms with Crippen molar-refractivity contribution in [1.82, 2.24) is 19.6 Å². The van der Waals surface area contributed by atoms with Crippen molar-refractivity contribution in [1.29, 1.82) is 0 Å². The monoisotopic (exact) mass is 343 g/mol. The van der Waals surface area contributed by atoms with Crippen LogP contribution in [-0.2, 0) is 11.2 Å². The Kier molecular flexibility index (Phi) is 5.91. The van der Waals surface area contributed by atoms with Crippen LogP contribution in [0.25, 0.3) is 5.65 Å². The zero-order valence-electron chi connectivity index (χ0n) is 15.5. The number of nitrogens with one attached hydrogen (secondary N) is 1. The summed E-state index contributed by atoms with van der Waals surface area (Å²) in [6.45, 7) is 8.54. The van der Waals surface area contributed by atoms with Crippen LogP contribution in [0.2, 0.25) is 0 Å². The number of aryl methyl sites for hydroxylation is 1. The van der Waals surface area contributed by atoms with Gasteiger partial charge in [0.05, 0.1) is 12.3 Å². The summed E-state index contributed by atoms with van der Waals surface area (Å²) in [6.07, 6.45) is 6.13. The second-order valence-electron chi connectivity index (χ2n) is 6.75. The third-order valence-corrected chi connectivity index (χ3v) is 4.61. The van der Waals surface area contributed by atoms with E-state index in [1.165, 1.54) is 5.56 Å². The van der Waals surface area contributed by atoms with Crippen LogP contribution < -0.4 is 5.32 Å². The molecule has 6 heteroatoms. The molecule has 0 bridgehead atoms. The summed E-state index contributed by atoms with van der Waals surface area (Å²) in [5.41, 5.74) is 3.32. The minimum atomic E-state index is 0.607. The topological polar surface area (TPSA) is 54.2 Å². The van der Waals surface area contributed by atoms with E-state index in [2.05, 4.69) is 53.8 Å². The summed E-state index contributed by atoms with van der Waals surface area (Å²) in [5, 5.41) is 3.39. The van der Waals surface area contributed by atoms with Crippen LogP contribution in [0, 0.1) is 12.8 Å². The molecular weight excluding hydrogens is 314 g/mol. The fraction of sp³-hybridized carbons (Fsp3) is 0.579. The van der Waals surface area contributed by atoms with E-state index in [9.17, 15) is 0 Å². The molecular formula is C19H29N5O. The lowest BCUT2D eigenvalue weighted by atomic mass is 10.1. The maximum Gasteiger partial charge on any atom is 0.193 e. The first-order valence-electron chi connectivity index (χ1n) is 9.17. The Bertz CT molecular complexity index is 718. The zero-order valence-corrected chi connectivity index (χ0v) is 15.5. The molecule has 2 aromatic rings. The number of ether oxygens (including phenoxy) is 1. The minimum absolute atomic E-state index is 0.607. The summed E-state index contributed by atoms with van der Waals surface area (Å²) >= 11 is 0. The van der Waals surface area contributed by atoms with Crippen molar-refractivity contribution in [3.63, 3.8) is 0 Å². The maximum absolute atomic E-state index is 5.48. The van der Waals surface area contributed by atoms with Gasteiger partial charge in [-0.15, -0.1) is 0 Å². The molecule has 3 rings (SSSR count). The van der Waals surface area contributed by atoms with Crippen molar-refractivity contribution < 1.29 is 4.74 Å². The standard InChI is InChI=1S/C19H29N5O/c1-4-20-19(23(3)12-16-8-11-25-14-16)21-9-7-17-13-24-10-5-6-15(2)18(24)22-17/h5-6,10,13,16H,4,7-9,11-12,14H2,1-3H3,(H,20,21). The molecule has 1 N–H and O–H groups in total. The Hall–Kier alpha value is -2.08. The van der Waals surface area contributed by atoms with Gasteiger partial charge in [0.2, 0.25) is 0 Å². The smallest absolute Gasteiger partial charge is 0.193 e. The van der Waals surface area contributed by atoms with Gasteiger partial charge in [-0.3, -0.25) is 4.99 Å². The lowest BCUT2D eigenvalue weighted by Crippen LogP contribution is -2.41. The van der Waals surface area contributed by atoms with Crippen molar-refractivity contribution in [2.45, 2.75) is 26.7 Å². The van der Waals surface area contributed by atoms with Crippen LogP contribution in [0.1, 0.15) is 24.6 Å². The highest BCUT2D eigenvalue weighted by Crippen LogP contribution is 2.13. The van der Waals surface area contributed by atoms with E-state index in [0.717, 1.165) is 63.0 Å². The van der Waals surface area contributed by atoms with Crippen molar-refractivity contribution in [3.05, 3.63) is 35.8 Å². The molecule has 0 radical (unpaired) electrons. The van der Waals surface area contributed by atoms with Crippen molar-refractivity contribution in [2.75, 3.05) is 39.9 Å². The normalized spacial score (nSPS) is 18.0. The first-order chi connectivity index (χ1) is 12.2. The molecule has 25 heavy (non-hydrogen) atoms. The van der Waals surface area contributed by atoms with Gasteiger partial charge in [-0.25, -0.2) is 4.98 Å². The number of fused-ring (bicyclic) bond motifs is 1. The molecule has 6 nitrogen and oxygen atoms in total.